The summed E-state index contributed by atoms with van der Waals surface area (Å²) in [6, 6.07) is 1.40. The molecule has 0 spiro atoms. The molecule has 0 radical (unpaired) electrons. The summed E-state index contributed by atoms with van der Waals surface area (Å²) < 4.78 is 5.35. The number of ether oxygens (including phenoxy) is 1. The fourth-order valence-electron chi connectivity index (χ4n) is 4.21. The first-order chi connectivity index (χ1) is 9.45. The zero-order chi connectivity index (χ0) is 14.8. The molecule has 118 valence electrons. The fourth-order valence-corrected chi connectivity index (χ4v) is 4.21. The fraction of sp³-hybridized carbons (Fsp3) is 1.00. The van der Waals surface area contributed by atoms with Gasteiger partial charge in [0.25, 0.3) is 0 Å². The summed E-state index contributed by atoms with van der Waals surface area (Å²) in [5.41, 5.74) is 0.447. The van der Waals surface area contributed by atoms with Crippen molar-refractivity contribution in [3.05, 3.63) is 0 Å². The third-order valence-electron chi connectivity index (χ3n) is 5.60. The summed E-state index contributed by atoms with van der Waals surface area (Å²) in [7, 11) is 3.97. The van der Waals surface area contributed by atoms with Crippen LogP contribution in [-0.4, -0.2) is 50.8 Å². The third-order valence-corrected chi connectivity index (χ3v) is 5.60. The number of methoxy groups -OCH3 is 1. The largest absolute Gasteiger partial charge is 0.384 e. The average Bonchev–Trinajstić information content (AvgIpc) is 2.86. The van der Waals surface area contributed by atoms with Crippen LogP contribution in [0.5, 0.6) is 0 Å². The Morgan fingerprint density at radius 2 is 1.95 bits per heavy atom. The average molecular weight is 282 g/mol. The standard InChI is InChI=1S/C17H34N2O/c1-17(2,3)14-6-7-15(18-4)16(10-14)19-9-8-13(11-19)12-20-5/h13-16,18H,6-12H2,1-5H3. The SMILES string of the molecule is CNC1CCC(C(C)(C)C)CC1N1CCC(COC)C1. The molecule has 20 heavy (non-hydrogen) atoms. The minimum atomic E-state index is 0.447. The number of nitrogens with zero attached hydrogens (tertiary/aromatic N) is 1. The van der Waals surface area contributed by atoms with Gasteiger partial charge in [0.1, 0.15) is 0 Å². The van der Waals surface area contributed by atoms with Crippen molar-refractivity contribution < 1.29 is 4.74 Å². The molecule has 3 heteroatoms. The molecule has 0 bridgehead atoms. The molecule has 4 unspecified atom stereocenters. The molecule has 0 aromatic heterocycles. The van der Waals surface area contributed by atoms with E-state index >= 15 is 0 Å². The van der Waals surface area contributed by atoms with Gasteiger partial charge < -0.3 is 10.1 Å². The zero-order valence-corrected chi connectivity index (χ0v) is 14.1. The zero-order valence-electron chi connectivity index (χ0n) is 14.1. The molecular formula is C17H34N2O. The lowest BCUT2D eigenvalue weighted by Crippen LogP contribution is -2.53. The van der Waals surface area contributed by atoms with E-state index in [1.165, 1.54) is 38.8 Å². The summed E-state index contributed by atoms with van der Waals surface area (Å²) in [4.78, 5) is 2.74. The normalized spacial score (nSPS) is 36.5. The first-order valence-corrected chi connectivity index (χ1v) is 8.36. The summed E-state index contributed by atoms with van der Waals surface area (Å²) in [6.45, 7) is 10.6. The van der Waals surface area contributed by atoms with E-state index in [2.05, 4.69) is 38.0 Å². The Bertz CT molecular complexity index is 300. The Morgan fingerprint density at radius 1 is 1.20 bits per heavy atom. The molecule has 1 aliphatic heterocycles. The van der Waals surface area contributed by atoms with Gasteiger partial charge in [0.05, 0.1) is 6.61 Å². The van der Waals surface area contributed by atoms with Gasteiger partial charge in [-0.3, -0.25) is 4.90 Å². The van der Waals surface area contributed by atoms with Gasteiger partial charge in [0.15, 0.2) is 0 Å². The van der Waals surface area contributed by atoms with E-state index < -0.39 is 0 Å². The quantitative estimate of drug-likeness (QED) is 0.858. The molecule has 0 aromatic rings. The van der Waals surface area contributed by atoms with Gasteiger partial charge in [-0.1, -0.05) is 20.8 Å². The first-order valence-electron chi connectivity index (χ1n) is 8.36. The number of hydrogen-bond acceptors (Lipinski definition) is 3. The van der Waals surface area contributed by atoms with Crippen LogP contribution in [0.4, 0.5) is 0 Å². The molecule has 2 aliphatic rings. The van der Waals surface area contributed by atoms with Gasteiger partial charge in [0, 0.05) is 25.7 Å². The molecule has 1 N–H and O–H groups in total. The molecule has 2 rings (SSSR count). The Labute approximate surface area is 125 Å². The van der Waals surface area contributed by atoms with Crippen molar-refractivity contribution in [1.29, 1.82) is 0 Å². The van der Waals surface area contributed by atoms with Crippen molar-refractivity contribution in [2.75, 3.05) is 33.9 Å². The van der Waals surface area contributed by atoms with Crippen molar-refractivity contribution in [2.45, 2.75) is 58.5 Å². The van der Waals surface area contributed by atoms with Gasteiger partial charge in [-0.05, 0) is 56.5 Å². The predicted molar refractivity (Wildman–Crippen MR) is 85.0 cm³/mol. The van der Waals surface area contributed by atoms with E-state index in [1.54, 1.807) is 0 Å². The van der Waals surface area contributed by atoms with Crippen LogP contribution in [-0.2, 0) is 4.74 Å². The van der Waals surface area contributed by atoms with E-state index in [9.17, 15) is 0 Å². The van der Waals surface area contributed by atoms with Crippen molar-refractivity contribution in [3.63, 3.8) is 0 Å². The third kappa shape index (κ3) is 3.75. The Kier molecular flexibility index (Phi) is 5.49. The minimum Gasteiger partial charge on any atom is -0.384 e. The number of rotatable bonds is 4. The highest BCUT2D eigenvalue weighted by Gasteiger charge is 2.39. The summed E-state index contributed by atoms with van der Waals surface area (Å²) in [6.07, 6.45) is 5.37. The van der Waals surface area contributed by atoms with Crippen LogP contribution in [0.3, 0.4) is 0 Å². The molecule has 1 heterocycles. The maximum absolute atomic E-state index is 5.35. The van der Waals surface area contributed by atoms with Crippen LogP contribution < -0.4 is 5.32 Å². The smallest absolute Gasteiger partial charge is 0.0503 e. The van der Waals surface area contributed by atoms with Crippen molar-refractivity contribution in [1.82, 2.24) is 10.2 Å². The second kappa shape index (κ2) is 6.76. The summed E-state index contributed by atoms with van der Waals surface area (Å²) in [5.74, 6) is 1.60. The molecule has 1 saturated carbocycles. The Balaban J connectivity index is 1.99. The van der Waals surface area contributed by atoms with E-state index in [1.807, 2.05) is 7.11 Å². The molecule has 1 saturated heterocycles. The van der Waals surface area contributed by atoms with Gasteiger partial charge in [-0.2, -0.15) is 0 Å². The molecule has 0 amide bonds. The molecular weight excluding hydrogens is 248 g/mol. The molecule has 3 nitrogen and oxygen atoms in total. The van der Waals surface area contributed by atoms with Crippen molar-refractivity contribution in [2.24, 2.45) is 17.3 Å². The molecule has 0 aromatic carbocycles. The Hall–Kier alpha value is -0.120. The highest BCUT2D eigenvalue weighted by molar-refractivity contribution is 4.95. The van der Waals surface area contributed by atoms with Crippen molar-refractivity contribution >= 4 is 0 Å². The number of likely N-dealkylation sites (N-methyl/N-ethyl adjacent to an activating group) is 1. The van der Waals surface area contributed by atoms with Crippen LogP contribution in [0.25, 0.3) is 0 Å². The maximum Gasteiger partial charge on any atom is 0.0503 e. The van der Waals surface area contributed by atoms with E-state index in [0.717, 1.165) is 24.5 Å². The minimum absolute atomic E-state index is 0.447. The lowest BCUT2D eigenvalue weighted by Gasteiger charge is -2.45. The molecule has 1 aliphatic carbocycles. The van der Waals surface area contributed by atoms with Crippen LogP contribution in [0.1, 0.15) is 46.5 Å². The number of likely N-dealkylation sites (tertiary alicyclic amines) is 1. The predicted octanol–water partition coefficient (Wildman–Crippen LogP) is 2.76. The topological polar surface area (TPSA) is 24.5 Å². The molecule has 2 fully saturated rings. The second-order valence-electron chi connectivity index (χ2n) is 7.94. The Morgan fingerprint density at radius 3 is 2.55 bits per heavy atom. The lowest BCUT2D eigenvalue weighted by atomic mass is 9.69. The van der Waals surface area contributed by atoms with Gasteiger partial charge in [0.2, 0.25) is 0 Å². The van der Waals surface area contributed by atoms with E-state index in [-0.39, 0.29) is 0 Å². The second-order valence-corrected chi connectivity index (χ2v) is 7.94. The van der Waals surface area contributed by atoms with Gasteiger partial charge in [-0.15, -0.1) is 0 Å². The molecule has 4 atom stereocenters. The monoisotopic (exact) mass is 282 g/mol. The number of hydrogen-bond donors (Lipinski definition) is 1. The lowest BCUT2D eigenvalue weighted by molar-refractivity contribution is 0.0677. The van der Waals surface area contributed by atoms with E-state index in [4.69, 9.17) is 4.74 Å². The maximum atomic E-state index is 5.35. The van der Waals surface area contributed by atoms with Gasteiger partial charge in [-0.25, -0.2) is 0 Å². The van der Waals surface area contributed by atoms with Gasteiger partial charge >= 0.3 is 0 Å². The number of nitrogens with one attached hydrogen (secondary N) is 1. The van der Waals surface area contributed by atoms with Crippen LogP contribution >= 0.6 is 0 Å². The van der Waals surface area contributed by atoms with E-state index in [0.29, 0.717) is 11.5 Å². The highest BCUT2D eigenvalue weighted by Crippen LogP contribution is 2.40. The highest BCUT2D eigenvalue weighted by atomic mass is 16.5. The van der Waals surface area contributed by atoms with Crippen LogP contribution in [0.15, 0.2) is 0 Å². The van der Waals surface area contributed by atoms with Crippen LogP contribution in [0.2, 0.25) is 0 Å². The first kappa shape index (κ1) is 16.3. The summed E-state index contributed by atoms with van der Waals surface area (Å²) in [5, 5.41) is 3.58. The summed E-state index contributed by atoms with van der Waals surface area (Å²) >= 11 is 0. The van der Waals surface area contributed by atoms with Crippen LogP contribution in [0, 0.1) is 17.3 Å². The van der Waals surface area contributed by atoms with Crippen molar-refractivity contribution in [3.8, 4) is 0 Å².